The summed E-state index contributed by atoms with van der Waals surface area (Å²) in [6.07, 6.45) is 6.52. The van der Waals surface area contributed by atoms with E-state index in [1.165, 1.54) is 4.88 Å². The van der Waals surface area contributed by atoms with E-state index in [1.807, 2.05) is 24.5 Å². The fourth-order valence-corrected chi connectivity index (χ4v) is 2.89. The third kappa shape index (κ3) is 1.65. The average molecular weight is 229 g/mol. The molecule has 2 aromatic rings. The van der Waals surface area contributed by atoms with Gasteiger partial charge in [0, 0.05) is 35.5 Å². The molecular formula is C12H11N3S. The average Bonchev–Trinajstić information content (AvgIpc) is 2.73. The van der Waals surface area contributed by atoms with E-state index in [9.17, 15) is 0 Å². The SMILES string of the molecule is CC1Cc2sc(-c3cccnc3)nc2C=N1. The molecule has 3 rings (SSSR count). The van der Waals surface area contributed by atoms with Crippen LogP contribution < -0.4 is 0 Å². The second kappa shape index (κ2) is 3.79. The predicted molar refractivity (Wildman–Crippen MR) is 66.1 cm³/mol. The first kappa shape index (κ1) is 9.66. The van der Waals surface area contributed by atoms with E-state index in [1.54, 1.807) is 17.5 Å². The van der Waals surface area contributed by atoms with E-state index in [0.29, 0.717) is 6.04 Å². The molecule has 0 bridgehead atoms. The third-order valence-corrected chi connectivity index (χ3v) is 3.71. The maximum absolute atomic E-state index is 4.58. The number of hydrogen-bond acceptors (Lipinski definition) is 4. The van der Waals surface area contributed by atoms with Crippen LogP contribution in [0.3, 0.4) is 0 Å². The van der Waals surface area contributed by atoms with Crippen LogP contribution in [0.2, 0.25) is 0 Å². The Kier molecular flexibility index (Phi) is 2.29. The van der Waals surface area contributed by atoms with Crippen molar-refractivity contribution in [3.8, 4) is 10.6 Å². The fourth-order valence-electron chi connectivity index (χ4n) is 1.74. The monoisotopic (exact) mass is 229 g/mol. The van der Waals surface area contributed by atoms with Crippen LogP contribution in [-0.4, -0.2) is 22.2 Å². The minimum Gasteiger partial charge on any atom is -0.287 e. The Morgan fingerprint density at radius 3 is 3.19 bits per heavy atom. The zero-order valence-electron chi connectivity index (χ0n) is 8.92. The molecule has 1 aliphatic rings. The van der Waals surface area contributed by atoms with Crippen LogP contribution in [0, 0.1) is 0 Å². The van der Waals surface area contributed by atoms with Crippen molar-refractivity contribution in [3.05, 3.63) is 35.1 Å². The fraction of sp³-hybridized carbons (Fsp3) is 0.250. The molecule has 0 aliphatic carbocycles. The normalized spacial score (nSPS) is 18.4. The van der Waals surface area contributed by atoms with Gasteiger partial charge in [0.25, 0.3) is 0 Å². The highest BCUT2D eigenvalue weighted by Crippen LogP contribution is 2.29. The Morgan fingerprint density at radius 2 is 2.38 bits per heavy atom. The smallest absolute Gasteiger partial charge is 0.125 e. The van der Waals surface area contributed by atoms with Crippen molar-refractivity contribution < 1.29 is 0 Å². The summed E-state index contributed by atoms with van der Waals surface area (Å²) in [5.41, 5.74) is 2.12. The molecule has 3 nitrogen and oxygen atoms in total. The lowest BCUT2D eigenvalue weighted by Crippen LogP contribution is -2.09. The van der Waals surface area contributed by atoms with E-state index < -0.39 is 0 Å². The number of hydrogen-bond donors (Lipinski definition) is 0. The minimum absolute atomic E-state index is 0.384. The molecular weight excluding hydrogens is 218 g/mol. The highest BCUT2D eigenvalue weighted by atomic mass is 32.1. The summed E-state index contributed by atoms with van der Waals surface area (Å²) in [5, 5.41) is 1.04. The number of aliphatic imine (C=N–C) groups is 1. The number of pyridine rings is 1. The third-order valence-electron chi connectivity index (χ3n) is 2.57. The van der Waals surface area contributed by atoms with Gasteiger partial charge in [-0.15, -0.1) is 11.3 Å². The van der Waals surface area contributed by atoms with Crippen molar-refractivity contribution in [1.82, 2.24) is 9.97 Å². The van der Waals surface area contributed by atoms with Gasteiger partial charge in [-0.25, -0.2) is 4.98 Å². The molecule has 0 saturated heterocycles. The Bertz CT molecular complexity index is 530. The molecule has 0 N–H and O–H groups in total. The number of rotatable bonds is 1. The summed E-state index contributed by atoms with van der Waals surface area (Å²) >= 11 is 1.75. The molecule has 2 aromatic heterocycles. The van der Waals surface area contributed by atoms with Gasteiger partial charge in [0.15, 0.2) is 0 Å². The van der Waals surface area contributed by atoms with E-state index in [-0.39, 0.29) is 0 Å². The molecule has 1 unspecified atom stereocenters. The molecule has 3 heterocycles. The molecule has 0 radical (unpaired) electrons. The van der Waals surface area contributed by atoms with E-state index in [4.69, 9.17) is 0 Å². The van der Waals surface area contributed by atoms with Crippen LogP contribution in [0.5, 0.6) is 0 Å². The van der Waals surface area contributed by atoms with Crippen LogP contribution in [0.15, 0.2) is 29.5 Å². The summed E-state index contributed by atoms with van der Waals surface area (Å²) in [6, 6.07) is 4.36. The quantitative estimate of drug-likeness (QED) is 0.753. The molecule has 4 heteroatoms. The van der Waals surface area contributed by atoms with Gasteiger partial charge in [-0.1, -0.05) is 0 Å². The predicted octanol–water partition coefficient (Wildman–Crippen LogP) is 2.57. The van der Waals surface area contributed by atoms with Crippen LogP contribution in [-0.2, 0) is 6.42 Å². The van der Waals surface area contributed by atoms with Crippen molar-refractivity contribution in [3.63, 3.8) is 0 Å². The Balaban J connectivity index is 2.03. The number of thiazole rings is 1. The number of aromatic nitrogens is 2. The highest BCUT2D eigenvalue weighted by molar-refractivity contribution is 7.15. The first-order chi connectivity index (χ1) is 7.83. The molecule has 16 heavy (non-hydrogen) atoms. The lowest BCUT2D eigenvalue weighted by molar-refractivity contribution is 0.739. The zero-order valence-corrected chi connectivity index (χ0v) is 9.74. The summed E-state index contributed by atoms with van der Waals surface area (Å²) in [6.45, 7) is 2.13. The van der Waals surface area contributed by atoms with Gasteiger partial charge in [-0.3, -0.25) is 9.98 Å². The van der Waals surface area contributed by atoms with Crippen molar-refractivity contribution in [2.75, 3.05) is 0 Å². The highest BCUT2D eigenvalue weighted by Gasteiger charge is 2.16. The van der Waals surface area contributed by atoms with Gasteiger partial charge < -0.3 is 0 Å². The molecule has 1 atom stereocenters. The van der Waals surface area contributed by atoms with Gasteiger partial charge in [0.2, 0.25) is 0 Å². The second-order valence-electron chi connectivity index (χ2n) is 3.90. The van der Waals surface area contributed by atoms with Crippen LogP contribution >= 0.6 is 11.3 Å². The summed E-state index contributed by atoms with van der Waals surface area (Å²) < 4.78 is 0. The van der Waals surface area contributed by atoms with Crippen molar-refractivity contribution in [1.29, 1.82) is 0 Å². The van der Waals surface area contributed by atoms with E-state index >= 15 is 0 Å². The summed E-state index contributed by atoms with van der Waals surface area (Å²) in [7, 11) is 0. The number of nitrogens with zero attached hydrogens (tertiary/aromatic N) is 3. The van der Waals surface area contributed by atoms with Gasteiger partial charge in [-0.2, -0.15) is 0 Å². The van der Waals surface area contributed by atoms with Crippen LogP contribution in [0.25, 0.3) is 10.6 Å². The molecule has 0 aromatic carbocycles. The first-order valence-electron chi connectivity index (χ1n) is 5.26. The van der Waals surface area contributed by atoms with Crippen molar-refractivity contribution >= 4 is 17.6 Å². The van der Waals surface area contributed by atoms with E-state index in [0.717, 1.165) is 22.7 Å². The summed E-state index contributed by atoms with van der Waals surface area (Å²) in [4.78, 5) is 14.4. The molecule has 0 spiro atoms. The maximum atomic E-state index is 4.58. The molecule has 1 aliphatic heterocycles. The zero-order chi connectivity index (χ0) is 11.0. The maximum Gasteiger partial charge on any atom is 0.125 e. The van der Waals surface area contributed by atoms with Crippen molar-refractivity contribution in [2.24, 2.45) is 4.99 Å². The Morgan fingerprint density at radius 1 is 1.44 bits per heavy atom. The standard InChI is InChI=1S/C12H11N3S/c1-8-5-11-10(7-14-8)15-12(16-11)9-3-2-4-13-6-9/h2-4,6-8H,5H2,1H3. The Hall–Kier alpha value is -1.55. The molecule has 80 valence electrons. The largest absolute Gasteiger partial charge is 0.287 e. The number of fused-ring (bicyclic) bond motifs is 1. The Labute approximate surface area is 97.9 Å². The minimum atomic E-state index is 0.384. The van der Waals surface area contributed by atoms with Gasteiger partial charge in [-0.05, 0) is 19.1 Å². The van der Waals surface area contributed by atoms with Gasteiger partial charge in [0.1, 0.15) is 5.01 Å². The van der Waals surface area contributed by atoms with Crippen LogP contribution in [0.4, 0.5) is 0 Å². The van der Waals surface area contributed by atoms with E-state index in [2.05, 4.69) is 21.9 Å². The van der Waals surface area contributed by atoms with Gasteiger partial charge >= 0.3 is 0 Å². The molecule has 0 saturated carbocycles. The second-order valence-corrected chi connectivity index (χ2v) is 4.98. The van der Waals surface area contributed by atoms with Crippen LogP contribution in [0.1, 0.15) is 17.5 Å². The van der Waals surface area contributed by atoms with Gasteiger partial charge in [0.05, 0.1) is 11.7 Å². The van der Waals surface area contributed by atoms with Crippen molar-refractivity contribution in [2.45, 2.75) is 19.4 Å². The molecule has 0 fully saturated rings. The lowest BCUT2D eigenvalue weighted by Gasteiger charge is -2.08. The summed E-state index contributed by atoms with van der Waals surface area (Å²) in [5.74, 6) is 0. The lowest BCUT2D eigenvalue weighted by atomic mass is 10.1. The topological polar surface area (TPSA) is 38.1 Å². The molecule has 0 amide bonds. The first-order valence-corrected chi connectivity index (χ1v) is 6.08.